The van der Waals surface area contributed by atoms with E-state index in [0.717, 1.165) is 24.8 Å². The third-order valence-electron chi connectivity index (χ3n) is 3.70. The van der Waals surface area contributed by atoms with Crippen LogP contribution in [0.25, 0.3) is 0 Å². The van der Waals surface area contributed by atoms with Crippen LogP contribution in [0.3, 0.4) is 0 Å². The van der Waals surface area contributed by atoms with E-state index >= 15 is 0 Å². The van der Waals surface area contributed by atoms with Crippen molar-refractivity contribution in [1.29, 1.82) is 0 Å². The highest BCUT2D eigenvalue weighted by atomic mass is 35.5. The second-order valence-electron chi connectivity index (χ2n) is 5.46. The van der Waals surface area contributed by atoms with Crippen LogP contribution in [0.2, 0.25) is 0 Å². The maximum atomic E-state index is 12.5. The minimum atomic E-state index is -0.535. The zero-order chi connectivity index (χ0) is 13.9. The lowest BCUT2D eigenvalue weighted by Crippen LogP contribution is -2.51. The normalized spacial score (nSPS) is 18.8. The summed E-state index contributed by atoms with van der Waals surface area (Å²) in [5.74, 6) is 0.597. The van der Waals surface area contributed by atoms with Crippen molar-refractivity contribution < 1.29 is 4.79 Å². The van der Waals surface area contributed by atoms with Crippen LogP contribution in [-0.4, -0.2) is 23.2 Å². The van der Waals surface area contributed by atoms with Crippen molar-refractivity contribution in [3.8, 4) is 0 Å². The van der Waals surface area contributed by atoms with Gasteiger partial charge in [0, 0.05) is 11.8 Å². The van der Waals surface area contributed by atoms with Gasteiger partial charge in [0.15, 0.2) is 0 Å². The molecule has 1 unspecified atom stereocenters. The first-order chi connectivity index (χ1) is 9.09. The first kappa shape index (κ1) is 14.7. The monoisotopic (exact) mass is 299 g/mol. The molecule has 0 fully saturated rings. The molecule has 0 heterocycles. The van der Waals surface area contributed by atoms with Crippen molar-refractivity contribution in [3.63, 3.8) is 0 Å². The van der Waals surface area contributed by atoms with Crippen LogP contribution in [0.4, 0.5) is 0 Å². The van der Waals surface area contributed by atoms with Gasteiger partial charge < -0.3 is 5.32 Å². The Labute approximate surface area is 124 Å². The van der Waals surface area contributed by atoms with Gasteiger partial charge in [-0.3, -0.25) is 4.79 Å². The van der Waals surface area contributed by atoms with E-state index in [1.807, 2.05) is 19.1 Å². The highest BCUT2D eigenvalue weighted by Gasteiger charge is 2.31. The second kappa shape index (κ2) is 6.15. The molecule has 0 aromatic heterocycles. The average molecular weight is 300 g/mol. The van der Waals surface area contributed by atoms with E-state index in [0.29, 0.717) is 11.8 Å². The predicted molar refractivity (Wildman–Crippen MR) is 80.1 cm³/mol. The van der Waals surface area contributed by atoms with E-state index in [4.69, 9.17) is 23.2 Å². The fourth-order valence-electron chi connectivity index (χ4n) is 2.51. The molecule has 0 radical (unpaired) electrons. The molecule has 1 N–H and O–H groups in total. The van der Waals surface area contributed by atoms with Crippen LogP contribution < -0.4 is 5.32 Å². The van der Waals surface area contributed by atoms with Crippen LogP contribution in [0.5, 0.6) is 0 Å². The minimum Gasteiger partial charge on any atom is -0.348 e. The number of hydrogen-bond acceptors (Lipinski definition) is 1. The zero-order valence-corrected chi connectivity index (χ0v) is 12.6. The van der Waals surface area contributed by atoms with Gasteiger partial charge in [-0.15, -0.1) is 23.2 Å². The molecule has 19 heavy (non-hydrogen) atoms. The Balaban J connectivity index is 2.17. The Morgan fingerprint density at radius 2 is 2.05 bits per heavy atom. The number of carbonyl (C=O) groups excluding carboxylic acids is 1. The van der Waals surface area contributed by atoms with E-state index in [1.165, 1.54) is 5.56 Å². The summed E-state index contributed by atoms with van der Waals surface area (Å²) in [6, 6.07) is 8.18. The number of alkyl halides is 2. The highest BCUT2D eigenvalue weighted by Crippen LogP contribution is 2.32. The van der Waals surface area contributed by atoms with Gasteiger partial charge in [0.25, 0.3) is 0 Å². The van der Waals surface area contributed by atoms with Crippen LogP contribution in [0, 0.1) is 0 Å². The predicted octanol–water partition coefficient (Wildman–Crippen LogP) is 3.46. The van der Waals surface area contributed by atoms with Crippen molar-refractivity contribution >= 4 is 29.1 Å². The topological polar surface area (TPSA) is 29.1 Å². The van der Waals surface area contributed by atoms with Gasteiger partial charge >= 0.3 is 0 Å². The fourth-order valence-corrected chi connectivity index (χ4v) is 2.93. The number of aryl methyl sites for hydroxylation is 1. The largest absolute Gasteiger partial charge is 0.348 e. The molecule has 1 amide bonds. The van der Waals surface area contributed by atoms with E-state index in [-0.39, 0.29) is 11.8 Å². The molecular weight excluding hydrogens is 281 g/mol. The smallest absolute Gasteiger partial charge is 0.228 e. The SMILES string of the molecule is CC(CCl)(CCl)NC(=O)C1CCCc2ccccc21. The van der Waals surface area contributed by atoms with Crippen LogP contribution in [-0.2, 0) is 11.2 Å². The standard InChI is InChI=1S/C15H19Cl2NO/c1-15(9-16,10-17)18-14(19)13-8-4-6-11-5-2-3-7-12(11)13/h2-3,5,7,13H,4,6,8-10H2,1H3,(H,18,19). The molecule has 2 nitrogen and oxygen atoms in total. The quantitative estimate of drug-likeness (QED) is 0.848. The zero-order valence-electron chi connectivity index (χ0n) is 11.1. The van der Waals surface area contributed by atoms with E-state index in [9.17, 15) is 4.79 Å². The average Bonchev–Trinajstić information content (AvgIpc) is 2.46. The van der Waals surface area contributed by atoms with E-state index < -0.39 is 5.54 Å². The lowest BCUT2D eigenvalue weighted by Gasteiger charge is -2.31. The number of benzene rings is 1. The number of carbonyl (C=O) groups is 1. The Bertz CT molecular complexity index is 457. The third kappa shape index (κ3) is 3.24. The summed E-state index contributed by atoms with van der Waals surface area (Å²) in [5.41, 5.74) is 1.90. The lowest BCUT2D eigenvalue weighted by atomic mass is 9.82. The Kier molecular flexibility index (Phi) is 4.75. The molecule has 0 bridgehead atoms. The first-order valence-electron chi connectivity index (χ1n) is 6.61. The number of hydrogen-bond donors (Lipinski definition) is 1. The highest BCUT2D eigenvalue weighted by molar-refractivity contribution is 6.22. The van der Waals surface area contributed by atoms with Crippen LogP contribution >= 0.6 is 23.2 Å². The van der Waals surface area contributed by atoms with Gasteiger partial charge in [-0.25, -0.2) is 0 Å². The summed E-state index contributed by atoms with van der Waals surface area (Å²) >= 11 is 11.8. The van der Waals surface area contributed by atoms with Gasteiger partial charge in [0.1, 0.15) is 0 Å². The maximum Gasteiger partial charge on any atom is 0.228 e. The summed E-state index contributed by atoms with van der Waals surface area (Å²) in [7, 11) is 0. The minimum absolute atomic E-state index is 0.0379. The molecule has 1 aromatic carbocycles. The molecule has 1 aliphatic rings. The summed E-state index contributed by atoms with van der Waals surface area (Å²) in [6.45, 7) is 1.87. The molecule has 2 rings (SSSR count). The molecule has 1 aliphatic carbocycles. The maximum absolute atomic E-state index is 12.5. The van der Waals surface area contributed by atoms with Gasteiger partial charge in [-0.05, 0) is 37.3 Å². The van der Waals surface area contributed by atoms with Gasteiger partial charge in [0.05, 0.1) is 11.5 Å². The lowest BCUT2D eigenvalue weighted by molar-refractivity contribution is -0.124. The van der Waals surface area contributed by atoms with Gasteiger partial charge in [0.2, 0.25) is 5.91 Å². The Morgan fingerprint density at radius 1 is 1.37 bits per heavy atom. The number of fused-ring (bicyclic) bond motifs is 1. The van der Waals surface area contributed by atoms with Crippen molar-refractivity contribution in [3.05, 3.63) is 35.4 Å². The molecular formula is C15H19Cl2NO. The molecule has 4 heteroatoms. The first-order valence-corrected chi connectivity index (χ1v) is 7.68. The molecule has 1 aromatic rings. The number of rotatable bonds is 4. The molecule has 0 saturated heterocycles. The Hall–Kier alpha value is -0.730. The summed E-state index contributed by atoms with van der Waals surface area (Å²) in [4.78, 5) is 12.5. The van der Waals surface area contributed by atoms with Gasteiger partial charge in [-0.1, -0.05) is 24.3 Å². The number of amides is 1. The molecule has 104 valence electrons. The van der Waals surface area contributed by atoms with Crippen LogP contribution in [0.1, 0.15) is 36.8 Å². The summed E-state index contributed by atoms with van der Waals surface area (Å²) in [5, 5.41) is 3.00. The molecule has 1 atom stereocenters. The summed E-state index contributed by atoms with van der Waals surface area (Å²) < 4.78 is 0. The molecule has 0 saturated carbocycles. The summed E-state index contributed by atoms with van der Waals surface area (Å²) in [6.07, 6.45) is 3.00. The number of halogens is 2. The third-order valence-corrected chi connectivity index (χ3v) is 4.88. The van der Waals surface area contributed by atoms with Crippen molar-refractivity contribution in [2.24, 2.45) is 0 Å². The molecule has 0 spiro atoms. The van der Waals surface area contributed by atoms with E-state index in [2.05, 4.69) is 17.4 Å². The number of nitrogens with one attached hydrogen (secondary N) is 1. The van der Waals surface area contributed by atoms with E-state index in [1.54, 1.807) is 0 Å². The second-order valence-corrected chi connectivity index (χ2v) is 6.00. The molecule has 0 aliphatic heterocycles. The van der Waals surface area contributed by atoms with Crippen molar-refractivity contribution in [2.75, 3.05) is 11.8 Å². The van der Waals surface area contributed by atoms with Gasteiger partial charge in [-0.2, -0.15) is 0 Å². The fraction of sp³-hybridized carbons (Fsp3) is 0.533. The Morgan fingerprint density at radius 3 is 2.74 bits per heavy atom. The van der Waals surface area contributed by atoms with Crippen LogP contribution in [0.15, 0.2) is 24.3 Å². The van der Waals surface area contributed by atoms with Crippen molar-refractivity contribution in [2.45, 2.75) is 37.6 Å². The van der Waals surface area contributed by atoms with Crippen molar-refractivity contribution in [1.82, 2.24) is 5.32 Å².